The highest BCUT2D eigenvalue weighted by molar-refractivity contribution is 5.94. The van der Waals surface area contributed by atoms with Crippen molar-refractivity contribution in [1.29, 1.82) is 0 Å². The molecule has 17 heavy (non-hydrogen) atoms. The summed E-state index contributed by atoms with van der Waals surface area (Å²) in [6.45, 7) is 1.45. The van der Waals surface area contributed by atoms with Crippen LogP contribution in [-0.2, 0) is 4.74 Å². The van der Waals surface area contributed by atoms with Crippen LogP contribution in [0.25, 0.3) is 0 Å². The summed E-state index contributed by atoms with van der Waals surface area (Å²) >= 11 is 0. The second kappa shape index (κ2) is 5.14. The number of amides is 1. The Labute approximate surface area is 101 Å². The van der Waals surface area contributed by atoms with Gasteiger partial charge in [0.15, 0.2) is 0 Å². The number of nitrogen functional groups attached to an aromatic ring is 1. The Kier molecular flexibility index (Phi) is 3.58. The molecule has 5 heteroatoms. The van der Waals surface area contributed by atoms with Gasteiger partial charge in [-0.05, 0) is 25.0 Å². The van der Waals surface area contributed by atoms with E-state index >= 15 is 0 Å². The fourth-order valence-corrected chi connectivity index (χ4v) is 1.97. The van der Waals surface area contributed by atoms with Crippen molar-refractivity contribution in [2.24, 2.45) is 0 Å². The molecule has 2 heterocycles. The van der Waals surface area contributed by atoms with Crippen LogP contribution < -0.4 is 5.73 Å². The molecule has 1 fully saturated rings. The summed E-state index contributed by atoms with van der Waals surface area (Å²) < 4.78 is 5.28. The van der Waals surface area contributed by atoms with E-state index in [-0.39, 0.29) is 11.9 Å². The van der Waals surface area contributed by atoms with E-state index in [1.54, 1.807) is 17.0 Å². The third-order valence-corrected chi connectivity index (χ3v) is 3.09. The molecule has 2 N–H and O–H groups in total. The maximum Gasteiger partial charge on any atom is 0.255 e. The first-order valence-corrected chi connectivity index (χ1v) is 5.75. The minimum atomic E-state index is -0.00981. The van der Waals surface area contributed by atoms with E-state index in [9.17, 15) is 4.79 Å². The van der Waals surface area contributed by atoms with Gasteiger partial charge in [-0.15, -0.1) is 0 Å². The van der Waals surface area contributed by atoms with Gasteiger partial charge in [-0.1, -0.05) is 0 Å². The Hall–Kier alpha value is -1.62. The van der Waals surface area contributed by atoms with Gasteiger partial charge in [0.2, 0.25) is 0 Å². The fraction of sp³-hybridized carbons (Fsp3) is 0.500. The van der Waals surface area contributed by atoms with Crippen molar-refractivity contribution in [3.63, 3.8) is 0 Å². The molecule has 0 bridgehead atoms. The second-order valence-corrected chi connectivity index (χ2v) is 4.23. The van der Waals surface area contributed by atoms with E-state index < -0.39 is 0 Å². The number of anilines is 1. The molecule has 2 rings (SSSR count). The van der Waals surface area contributed by atoms with Crippen LogP contribution in [0.5, 0.6) is 0 Å². The summed E-state index contributed by atoms with van der Waals surface area (Å²) in [6.07, 6.45) is 3.31. The molecule has 92 valence electrons. The first-order valence-electron chi connectivity index (χ1n) is 5.75. The van der Waals surface area contributed by atoms with Gasteiger partial charge in [0.25, 0.3) is 5.91 Å². The summed E-state index contributed by atoms with van der Waals surface area (Å²) in [4.78, 5) is 17.9. The predicted molar refractivity (Wildman–Crippen MR) is 64.6 cm³/mol. The largest absolute Gasteiger partial charge is 0.384 e. The van der Waals surface area contributed by atoms with Crippen LogP contribution in [0.1, 0.15) is 23.2 Å². The van der Waals surface area contributed by atoms with E-state index in [0.29, 0.717) is 11.4 Å². The quantitative estimate of drug-likeness (QED) is 0.827. The lowest BCUT2D eigenvalue weighted by Gasteiger charge is -2.31. The molecule has 0 aliphatic carbocycles. The lowest BCUT2D eigenvalue weighted by atomic mass is 10.1. The first-order chi connectivity index (χ1) is 8.18. The second-order valence-electron chi connectivity index (χ2n) is 4.23. The van der Waals surface area contributed by atoms with Gasteiger partial charge in [0.05, 0.1) is 5.56 Å². The average Bonchev–Trinajstić information content (AvgIpc) is 2.39. The molecule has 1 saturated heterocycles. The van der Waals surface area contributed by atoms with E-state index in [2.05, 4.69) is 4.98 Å². The molecule has 1 aromatic heterocycles. The zero-order valence-corrected chi connectivity index (χ0v) is 9.93. The van der Waals surface area contributed by atoms with Gasteiger partial charge in [-0.25, -0.2) is 4.98 Å². The van der Waals surface area contributed by atoms with Gasteiger partial charge < -0.3 is 15.4 Å². The molecule has 0 aromatic carbocycles. The Bertz CT molecular complexity index is 385. The highest BCUT2D eigenvalue weighted by Crippen LogP contribution is 2.15. The smallest absolute Gasteiger partial charge is 0.255 e. The molecule has 5 nitrogen and oxygen atoms in total. The SMILES string of the molecule is CN(C(=O)c1ccc(N)nc1)C1CCOCC1. The molecular weight excluding hydrogens is 218 g/mol. The number of nitrogens with zero attached hydrogens (tertiary/aromatic N) is 2. The maximum atomic E-state index is 12.2. The van der Waals surface area contributed by atoms with E-state index in [1.807, 2.05) is 7.05 Å². The van der Waals surface area contributed by atoms with Crippen molar-refractivity contribution in [1.82, 2.24) is 9.88 Å². The van der Waals surface area contributed by atoms with Crippen molar-refractivity contribution in [3.8, 4) is 0 Å². The van der Waals surface area contributed by atoms with E-state index in [1.165, 1.54) is 6.20 Å². The van der Waals surface area contributed by atoms with Gasteiger partial charge in [0, 0.05) is 32.5 Å². The van der Waals surface area contributed by atoms with Gasteiger partial charge in [-0.3, -0.25) is 4.79 Å². The summed E-state index contributed by atoms with van der Waals surface area (Å²) in [5.74, 6) is 0.416. The Balaban J connectivity index is 2.05. The number of hydrogen-bond donors (Lipinski definition) is 1. The normalized spacial score (nSPS) is 16.8. The fourth-order valence-electron chi connectivity index (χ4n) is 1.97. The summed E-state index contributed by atoms with van der Waals surface area (Å²) in [5, 5.41) is 0. The topological polar surface area (TPSA) is 68.5 Å². The molecule has 0 atom stereocenters. The summed E-state index contributed by atoms with van der Waals surface area (Å²) in [6, 6.07) is 3.61. The number of rotatable bonds is 2. The monoisotopic (exact) mass is 235 g/mol. The molecule has 1 amide bonds. The number of carbonyl (C=O) groups is 1. The first kappa shape index (κ1) is 11.9. The zero-order valence-electron chi connectivity index (χ0n) is 9.93. The summed E-state index contributed by atoms with van der Waals surface area (Å²) in [7, 11) is 1.83. The Morgan fingerprint density at radius 2 is 2.18 bits per heavy atom. The van der Waals surface area contributed by atoms with Crippen LogP contribution >= 0.6 is 0 Å². The van der Waals surface area contributed by atoms with Crippen molar-refractivity contribution >= 4 is 11.7 Å². The minimum absolute atomic E-state index is 0.00981. The third kappa shape index (κ3) is 2.74. The molecule has 0 radical (unpaired) electrons. The lowest BCUT2D eigenvalue weighted by Crippen LogP contribution is -2.40. The van der Waals surface area contributed by atoms with Crippen molar-refractivity contribution < 1.29 is 9.53 Å². The Morgan fingerprint density at radius 1 is 1.47 bits per heavy atom. The van der Waals surface area contributed by atoms with Crippen LogP contribution in [0.3, 0.4) is 0 Å². The molecule has 0 saturated carbocycles. The maximum absolute atomic E-state index is 12.2. The van der Waals surface area contributed by atoms with Crippen LogP contribution in [-0.4, -0.2) is 42.1 Å². The van der Waals surface area contributed by atoms with Gasteiger partial charge >= 0.3 is 0 Å². The molecule has 0 unspecified atom stereocenters. The van der Waals surface area contributed by atoms with Crippen LogP contribution in [0.2, 0.25) is 0 Å². The zero-order chi connectivity index (χ0) is 12.3. The average molecular weight is 235 g/mol. The lowest BCUT2D eigenvalue weighted by molar-refractivity contribution is 0.0362. The predicted octanol–water partition coefficient (Wildman–Crippen LogP) is 0.915. The number of carbonyl (C=O) groups excluding carboxylic acids is 1. The van der Waals surface area contributed by atoms with E-state index in [4.69, 9.17) is 10.5 Å². The molecule has 1 aliphatic rings. The van der Waals surface area contributed by atoms with Crippen LogP contribution in [0, 0.1) is 0 Å². The standard InChI is InChI=1S/C12H17N3O2/c1-15(10-4-6-17-7-5-10)12(16)9-2-3-11(13)14-8-9/h2-3,8,10H,4-7H2,1H3,(H2,13,14). The number of nitrogens with two attached hydrogens (primary N) is 1. The number of aromatic nitrogens is 1. The third-order valence-electron chi connectivity index (χ3n) is 3.09. The van der Waals surface area contributed by atoms with Crippen molar-refractivity contribution in [2.75, 3.05) is 26.0 Å². The molecule has 1 aromatic rings. The van der Waals surface area contributed by atoms with Crippen LogP contribution in [0.15, 0.2) is 18.3 Å². The number of pyridine rings is 1. The van der Waals surface area contributed by atoms with Crippen LogP contribution in [0.4, 0.5) is 5.82 Å². The van der Waals surface area contributed by atoms with Crippen molar-refractivity contribution in [3.05, 3.63) is 23.9 Å². The Morgan fingerprint density at radius 3 is 2.76 bits per heavy atom. The summed E-state index contributed by atoms with van der Waals surface area (Å²) in [5.41, 5.74) is 6.07. The highest BCUT2D eigenvalue weighted by Gasteiger charge is 2.23. The highest BCUT2D eigenvalue weighted by atomic mass is 16.5. The number of hydrogen-bond acceptors (Lipinski definition) is 4. The van der Waals surface area contributed by atoms with Crippen molar-refractivity contribution in [2.45, 2.75) is 18.9 Å². The molecule has 0 spiro atoms. The van der Waals surface area contributed by atoms with Gasteiger partial charge in [0.1, 0.15) is 5.82 Å². The number of ether oxygens (including phenoxy) is 1. The van der Waals surface area contributed by atoms with Gasteiger partial charge in [-0.2, -0.15) is 0 Å². The minimum Gasteiger partial charge on any atom is -0.384 e. The van der Waals surface area contributed by atoms with E-state index in [0.717, 1.165) is 26.1 Å². The molecular formula is C12H17N3O2. The molecule has 1 aliphatic heterocycles.